The molecule has 2 aromatic rings. The fourth-order valence-corrected chi connectivity index (χ4v) is 2.34. The Morgan fingerprint density at radius 2 is 2.16 bits per heavy atom. The van der Waals surface area contributed by atoms with Crippen LogP contribution in [0.3, 0.4) is 0 Å². The molecule has 0 aliphatic heterocycles. The molecule has 0 aromatic carbocycles. The van der Waals surface area contributed by atoms with E-state index in [-0.39, 0.29) is 0 Å². The molecule has 19 heavy (non-hydrogen) atoms. The molecule has 0 saturated carbocycles. The van der Waals surface area contributed by atoms with Gasteiger partial charge in [0.25, 0.3) is 0 Å². The van der Waals surface area contributed by atoms with Crippen LogP contribution in [0.1, 0.15) is 26.1 Å². The molecule has 3 N–H and O–H groups in total. The van der Waals surface area contributed by atoms with Gasteiger partial charge in [-0.2, -0.15) is 0 Å². The minimum Gasteiger partial charge on any atom is -0.342 e. The molecule has 0 aliphatic carbocycles. The summed E-state index contributed by atoms with van der Waals surface area (Å²) in [5.74, 6) is 2.17. The van der Waals surface area contributed by atoms with Crippen LogP contribution in [0.4, 0.5) is 0 Å². The number of pyridine rings is 1. The van der Waals surface area contributed by atoms with Crippen molar-refractivity contribution in [2.75, 3.05) is 6.54 Å². The van der Waals surface area contributed by atoms with E-state index in [0.717, 1.165) is 29.9 Å². The Hall–Kier alpha value is -1.68. The van der Waals surface area contributed by atoms with Gasteiger partial charge in [0.1, 0.15) is 5.82 Å². The second-order valence-electron chi connectivity index (χ2n) is 5.42. The zero-order valence-electron chi connectivity index (χ0n) is 11.6. The highest BCUT2D eigenvalue weighted by Crippen LogP contribution is 2.18. The molecule has 0 spiro atoms. The molecular formula is C15H22N4. The molecule has 0 radical (unpaired) electrons. The van der Waals surface area contributed by atoms with Crippen molar-refractivity contribution in [1.29, 1.82) is 0 Å². The number of rotatable bonds is 6. The lowest BCUT2D eigenvalue weighted by molar-refractivity contribution is 0.409. The number of H-pyrrole nitrogens is 1. The van der Waals surface area contributed by atoms with Crippen LogP contribution in [0, 0.1) is 11.8 Å². The number of nitrogens with one attached hydrogen (secondary N) is 1. The molecular weight excluding hydrogens is 236 g/mol. The van der Waals surface area contributed by atoms with Gasteiger partial charge in [-0.3, -0.25) is 4.98 Å². The van der Waals surface area contributed by atoms with Gasteiger partial charge in [-0.25, -0.2) is 4.98 Å². The first-order chi connectivity index (χ1) is 9.19. The van der Waals surface area contributed by atoms with E-state index in [2.05, 4.69) is 28.8 Å². The lowest BCUT2D eigenvalue weighted by Gasteiger charge is -2.15. The SMILES string of the molecule is CC(C)CC(CN)Cc1ncc(-c2cccnc2)[nH]1. The average Bonchev–Trinajstić information content (AvgIpc) is 2.87. The van der Waals surface area contributed by atoms with Crippen molar-refractivity contribution in [2.45, 2.75) is 26.7 Å². The van der Waals surface area contributed by atoms with Crippen LogP contribution in [0.5, 0.6) is 0 Å². The summed E-state index contributed by atoms with van der Waals surface area (Å²) in [6.07, 6.45) is 7.53. The predicted octanol–water partition coefficient (Wildman–Crippen LogP) is 2.64. The van der Waals surface area contributed by atoms with Crippen LogP contribution in [0.15, 0.2) is 30.7 Å². The second-order valence-corrected chi connectivity index (χ2v) is 5.42. The van der Waals surface area contributed by atoms with Crippen molar-refractivity contribution >= 4 is 0 Å². The first-order valence-corrected chi connectivity index (χ1v) is 6.83. The van der Waals surface area contributed by atoms with E-state index in [1.807, 2.05) is 24.5 Å². The smallest absolute Gasteiger partial charge is 0.106 e. The lowest BCUT2D eigenvalue weighted by atomic mass is 9.94. The highest BCUT2D eigenvalue weighted by atomic mass is 14.9. The summed E-state index contributed by atoms with van der Waals surface area (Å²) in [6, 6.07) is 3.95. The minimum atomic E-state index is 0.493. The largest absolute Gasteiger partial charge is 0.342 e. The molecule has 0 bridgehead atoms. The molecule has 0 fully saturated rings. The highest BCUT2D eigenvalue weighted by Gasteiger charge is 2.12. The maximum atomic E-state index is 5.84. The number of nitrogens with zero attached hydrogens (tertiary/aromatic N) is 2. The average molecular weight is 258 g/mol. The van der Waals surface area contributed by atoms with Crippen molar-refractivity contribution in [2.24, 2.45) is 17.6 Å². The number of aromatic nitrogens is 3. The van der Waals surface area contributed by atoms with Gasteiger partial charge in [0.05, 0.1) is 11.9 Å². The zero-order valence-corrected chi connectivity index (χ0v) is 11.6. The summed E-state index contributed by atoms with van der Waals surface area (Å²) in [6.45, 7) is 5.17. The Kier molecular flexibility index (Phi) is 4.68. The first-order valence-electron chi connectivity index (χ1n) is 6.83. The van der Waals surface area contributed by atoms with E-state index in [1.165, 1.54) is 0 Å². The Morgan fingerprint density at radius 1 is 1.32 bits per heavy atom. The second kappa shape index (κ2) is 6.48. The van der Waals surface area contributed by atoms with Gasteiger partial charge in [-0.15, -0.1) is 0 Å². The number of imidazole rings is 1. The molecule has 2 heterocycles. The molecule has 2 aromatic heterocycles. The van der Waals surface area contributed by atoms with Gasteiger partial charge in [-0.1, -0.05) is 13.8 Å². The minimum absolute atomic E-state index is 0.493. The van der Waals surface area contributed by atoms with Crippen molar-refractivity contribution in [3.05, 3.63) is 36.5 Å². The Labute approximate surface area is 114 Å². The fraction of sp³-hybridized carbons (Fsp3) is 0.467. The van der Waals surface area contributed by atoms with E-state index in [1.54, 1.807) is 6.20 Å². The Morgan fingerprint density at radius 3 is 2.79 bits per heavy atom. The fourth-order valence-electron chi connectivity index (χ4n) is 2.34. The number of hydrogen-bond donors (Lipinski definition) is 2. The van der Waals surface area contributed by atoms with E-state index in [0.29, 0.717) is 18.4 Å². The van der Waals surface area contributed by atoms with Crippen molar-refractivity contribution < 1.29 is 0 Å². The summed E-state index contributed by atoms with van der Waals surface area (Å²) in [5, 5.41) is 0. The highest BCUT2D eigenvalue weighted by molar-refractivity contribution is 5.56. The molecule has 4 heteroatoms. The maximum absolute atomic E-state index is 5.84. The number of aromatic amines is 1. The van der Waals surface area contributed by atoms with Gasteiger partial charge in [-0.05, 0) is 36.9 Å². The third-order valence-corrected chi connectivity index (χ3v) is 3.22. The molecule has 1 atom stereocenters. The first kappa shape index (κ1) is 13.7. The number of hydrogen-bond acceptors (Lipinski definition) is 3. The maximum Gasteiger partial charge on any atom is 0.106 e. The normalized spacial score (nSPS) is 12.8. The summed E-state index contributed by atoms with van der Waals surface area (Å²) >= 11 is 0. The molecule has 0 saturated heterocycles. The van der Waals surface area contributed by atoms with Crippen LogP contribution in [0.2, 0.25) is 0 Å². The van der Waals surface area contributed by atoms with E-state index < -0.39 is 0 Å². The van der Waals surface area contributed by atoms with Crippen molar-refractivity contribution in [3.8, 4) is 11.3 Å². The van der Waals surface area contributed by atoms with Crippen LogP contribution < -0.4 is 5.73 Å². The Balaban J connectivity index is 2.05. The van der Waals surface area contributed by atoms with Gasteiger partial charge in [0.2, 0.25) is 0 Å². The monoisotopic (exact) mass is 258 g/mol. The van der Waals surface area contributed by atoms with Crippen molar-refractivity contribution in [3.63, 3.8) is 0 Å². The van der Waals surface area contributed by atoms with E-state index in [9.17, 15) is 0 Å². The van der Waals surface area contributed by atoms with Crippen LogP contribution >= 0.6 is 0 Å². The van der Waals surface area contributed by atoms with Crippen LogP contribution in [-0.4, -0.2) is 21.5 Å². The van der Waals surface area contributed by atoms with Gasteiger partial charge in [0, 0.05) is 24.4 Å². The van der Waals surface area contributed by atoms with Crippen LogP contribution in [-0.2, 0) is 6.42 Å². The lowest BCUT2D eigenvalue weighted by Crippen LogP contribution is -2.19. The Bertz CT molecular complexity index is 490. The van der Waals surface area contributed by atoms with Crippen LogP contribution in [0.25, 0.3) is 11.3 Å². The molecule has 2 rings (SSSR count). The third kappa shape index (κ3) is 3.89. The predicted molar refractivity (Wildman–Crippen MR) is 77.5 cm³/mol. The molecule has 4 nitrogen and oxygen atoms in total. The standard InChI is InChI=1S/C15H22N4/c1-11(2)6-12(8-16)7-15-18-10-14(19-15)13-4-3-5-17-9-13/h3-5,9-12H,6-8,16H2,1-2H3,(H,18,19). The zero-order chi connectivity index (χ0) is 13.7. The van der Waals surface area contributed by atoms with Crippen molar-refractivity contribution in [1.82, 2.24) is 15.0 Å². The van der Waals surface area contributed by atoms with E-state index >= 15 is 0 Å². The molecule has 0 amide bonds. The van der Waals surface area contributed by atoms with Gasteiger partial charge in [0.15, 0.2) is 0 Å². The molecule has 102 valence electrons. The quantitative estimate of drug-likeness (QED) is 0.837. The van der Waals surface area contributed by atoms with Gasteiger partial charge < -0.3 is 10.7 Å². The molecule has 1 unspecified atom stereocenters. The summed E-state index contributed by atoms with van der Waals surface area (Å²) < 4.78 is 0. The van der Waals surface area contributed by atoms with E-state index in [4.69, 9.17) is 5.73 Å². The summed E-state index contributed by atoms with van der Waals surface area (Å²) in [7, 11) is 0. The summed E-state index contributed by atoms with van der Waals surface area (Å²) in [5.41, 5.74) is 7.92. The summed E-state index contributed by atoms with van der Waals surface area (Å²) in [4.78, 5) is 11.9. The molecule has 0 aliphatic rings. The third-order valence-electron chi connectivity index (χ3n) is 3.22. The number of nitrogens with two attached hydrogens (primary N) is 1. The van der Waals surface area contributed by atoms with Gasteiger partial charge >= 0.3 is 0 Å². The topological polar surface area (TPSA) is 67.6 Å².